The molecule has 0 spiro atoms. The molecule has 0 saturated carbocycles. The van der Waals surface area contributed by atoms with Crippen LogP contribution in [0.1, 0.15) is 32.2 Å². The Labute approximate surface area is 189 Å². The van der Waals surface area contributed by atoms with Crippen molar-refractivity contribution in [3.05, 3.63) is 46.0 Å². The molecule has 32 heavy (non-hydrogen) atoms. The number of furan rings is 1. The minimum absolute atomic E-state index is 0.221. The number of nitrogens with one attached hydrogen (secondary N) is 2. The highest BCUT2D eigenvalue weighted by Gasteiger charge is 2.26. The molecule has 0 aliphatic carbocycles. The second-order valence-electron chi connectivity index (χ2n) is 7.99. The molecular weight excluding hydrogens is 430 g/mol. The third-order valence-corrected chi connectivity index (χ3v) is 6.80. The number of aryl methyl sites for hydroxylation is 1. The number of hydrogen-bond acceptors (Lipinski definition) is 10. The number of piperazine rings is 1. The van der Waals surface area contributed by atoms with Gasteiger partial charge in [0.1, 0.15) is 10.7 Å². The fourth-order valence-electron chi connectivity index (χ4n) is 4.18. The Kier molecular flexibility index (Phi) is 5.77. The van der Waals surface area contributed by atoms with Gasteiger partial charge in [0.25, 0.3) is 0 Å². The van der Waals surface area contributed by atoms with Crippen LogP contribution < -0.4 is 15.5 Å². The first-order valence-electron chi connectivity index (χ1n) is 10.6. The monoisotopic (exact) mass is 455 g/mol. The maximum absolute atomic E-state index is 11.4. The van der Waals surface area contributed by atoms with Crippen LogP contribution in [0, 0.1) is 6.92 Å². The highest BCUT2D eigenvalue weighted by molar-refractivity contribution is 7.17. The summed E-state index contributed by atoms with van der Waals surface area (Å²) in [5.74, 6) is 0.442. The molecular formula is C21H25N7O3S. The maximum Gasteiger partial charge on any atom is 0.347 e. The lowest BCUT2D eigenvalue weighted by molar-refractivity contribution is 0.0701. The van der Waals surface area contributed by atoms with Crippen molar-refractivity contribution in [1.82, 2.24) is 25.2 Å². The molecule has 0 amide bonds. The minimum atomic E-state index is -0.976. The van der Waals surface area contributed by atoms with Gasteiger partial charge in [-0.15, -0.1) is 0 Å². The van der Waals surface area contributed by atoms with Crippen molar-refractivity contribution in [1.29, 1.82) is 0 Å². The second kappa shape index (κ2) is 8.85. The van der Waals surface area contributed by atoms with Gasteiger partial charge in [0.15, 0.2) is 5.13 Å². The minimum Gasteiger partial charge on any atom is -0.477 e. The van der Waals surface area contributed by atoms with Crippen LogP contribution in [0.25, 0.3) is 0 Å². The number of aromatic nitrogens is 3. The number of fused-ring (bicyclic) bond motifs is 1. The SMILES string of the molecule is Cc1nc(Nc2nc3c(c(N4CCNCC4)n2)CCN(Cc2ccoc2)C3)sc1C(=O)O. The summed E-state index contributed by atoms with van der Waals surface area (Å²) in [4.78, 5) is 30.3. The molecule has 0 bridgehead atoms. The van der Waals surface area contributed by atoms with Gasteiger partial charge in [-0.25, -0.2) is 14.8 Å². The van der Waals surface area contributed by atoms with E-state index >= 15 is 0 Å². The van der Waals surface area contributed by atoms with Crippen LogP contribution in [0.3, 0.4) is 0 Å². The van der Waals surface area contributed by atoms with Gasteiger partial charge in [-0.1, -0.05) is 11.3 Å². The fourth-order valence-corrected chi connectivity index (χ4v) is 4.98. The second-order valence-corrected chi connectivity index (χ2v) is 8.99. The standard InChI is InChI=1S/C21H25N7O3S/c1-13-17(19(29)30)32-21(23-13)26-20-24-16-11-27(10-14-3-9-31-12-14)6-2-15(16)18(25-20)28-7-4-22-5-8-28/h3,9,12,22H,2,4-8,10-11H2,1H3,(H,29,30)(H,23,24,25,26). The first-order valence-corrected chi connectivity index (χ1v) is 11.4. The summed E-state index contributed by atoms with van der Waals surface area (Å²) in [7, 11) is 0. The summed E-state index contributed by atoms with van der Waals surface area (Å²) in [6.07, 6.45) is 4.35. The van der Waals surface area contributed by atoms with E-state index in [4.69, 9.17) is 14.4 Å². The quantitative estimate of drug-likeness (QED) is 0.510. The van der Waals surface area contributed by atoms with Gasteiger partial charge in [-0.3, -0.25) is 10.2 Å². The lowest BCUT2D eigenvalue weighted by Gasteiger charge is -2.34. The number of thiazole rings is 1. The Bertz CT molecular complexity index is 1110. The molecule has 1 saturated heterocycles. The lowest BCUT2D eigenvalue weighted by Crippen LogP contribution is -2.45. The third kappa shape index (κ3) is 4.31. The number of rotatable bonds is 6. The first-order chi connectivity index (χ1) is 15.6. The van der Waals surface area contributed by atoms with Gasteiger partial charge in [0.2, 0.25) is 5.95 Å². The zero-order chi connectivity index (χ0) is 22.1. The highest BCUT2D eigenvalue weighted by atomic mass is 32.1. The molecule has 0 unspecified atom stereocenters. The van der Waals surface area contributed by atoms with E-state index in [1.54, 1.807) is 19.5 Å². The first kappa shape index (κ1) is 20.9. The molecule has 0 radical (unpaired) electrons. The van der Waals surface area contributed by atoms with Gasteiger partial charge in [0, 0.05) is 56.9 Å². The van der Waals surface area contributed by atoms with Crippen LogP contribution >= 0.6 is 11.3 Å². The molecule has 5 rings (SSSR count). The van der Waals surface area contributed by atoms with Gasteiger partial charge in [0.05, 0.1) is 23.9 Å². The number of carboxylic acids is 1. The van der Waals surface area contributed by atoms with E-state index in [9.17, 15) is 9.90 Å². The van der Waals surface area contributed by atoms with Gasteiger partial charge in [-0.2, -0.15) is 4.98 Å². The molecule has 11 heteroatoms. The van der Waals surface area contributed by atoms with Crippen LogP contribution in [0.5, 0.6) is 0 Å². The molecule has 3 aromatic rings. The van der Waals surface area contributed by atoms with E-state index in [1.165, 1.54) is 5.56 Å². The van der Waals surface area contributed by atoms with Crippen LogP contribution in [-0.4, -0.2) is 63.7 Å². The summed E-state index contributed by atoms with van der Waals surface area (Å²) >= 11 is 1.10. The molecule has 5 heterocycles. The number of anilines is 3. The van der Waals surface area contributed by atoms with Gasteiger partial charge < -0.3 is 19.7 Å². The van der Waals surface area contributed by atoms with Crippen LogP contribution in [0.15, 0.2) is 23.0 Å². The lowest BCUT2D eigenvalue weighted by atomic mass is 10.0. The predicted octanol–water partition coefficient (Wildman–Crippen LogP) is 2.24. The molecule has 0 aromatic carbocycles. The number of carboxylic acid groups (broad SMARTS) is 1. The van der Waals surface area contributed by atoms with Crippen molar-refractivity contribution in [2.75, 3.05) is 42.9 Å². The van der Waals surface area contributed by atoms with E-state index < -0.39 is 5.97 Å². The number of carbonyl (C=O) groups is 1. The fraction of sp³-hybridized carbons (Fsp3) is 0.429. The molecule has 0 atom stereocenters. The molecule has 3 aromatic heterocycles. The van der Waals surface area contributed by atoms with Crippen LogP contribution in [-0.2, 0) is 19.5 Å². The van der Waals surface area contributed by atoms with Crippen molar-refractivity contribution >= 4 is 34.2 Å². The number of nitrogens with zero attached hydrogens (tertiary/aromatic N) is 5. The zero-order valence-electron chi connectivity index (χ0n) is 17.8. The average molecular weight is 456 g/mol. The van der Waals surface area contributed by atoms with Crippen molar-refractivity contribution in [3.8, 4) is 0 Å². The normalized spacial score (nSPS) is 16.7. The van der Waals surface area contributed by atoms with E-state index in [1.807, 2.05) is 6.07 Å². The summed E-state index contributed by atoms with van der Waals surface area (Å²) in [6, 6.07) is 1.99. The smallest absolute Gasteiger partial charge is 0.347 e. The summed E-state index contributed by atoms with van der Waals surface area (Å²) < 4.78 is 5.22. The van der Waals surface area contributed by atoms with Crippen molar-refractivity contribution in [3.63, 3.8) is 0 Å². The average Bonchev–Trinajstić information content (AvgIpc) is 3.43. The third-order valence-electron chi connectivity index (χ3n) is 5.73. The van der Waals surface area contributed by atoms with E-state index in [-0.39, 0.29) is 4.88 Å². The topological polar surface area (TPSA) is 120 Å². The van der Waals surface area contributed by atoms with Gasteiger partial charge in [-0.05, 0) is 19.4 Å². The van der Waals surface area contributed by atoms with Crippen LogP contribution in [0.2, 0.25) is 0 Å². The Morgan fingerprint density at radius 1 is 1.28 bits per heavy atom. The Balaban J connectivity index is 1.45. The summed E-state index contributed by atoms with van der Waals surface area (Å²) in [5.41, 5.74) is 3.82. The molecule has 2 aliphatic heterocycles. The Morgan fingerprint density at radius 2 is 2.12 bits per heavy atom. The van der Waals surface area contributed by atoms with Crippen molar-refractivity contribution < 1.29 is 14.3 Å². The maximum atomic E-state index is 11.4. The Morgan fingerprint density at radius 3 is 2.84 bits per heavy atom. The van der Waals surface area contributed by atoms with Crippen molar-refractivity contribution in [2.24, 2.45) is 0 Å². The summed E-state index contributed by atoms with van der Waals surface area (Å²) in [5, 5.41) is 16.4. The predicted molar refractivity (Wildman–Crippen MR) is 121 cm³/mol. The van der Waals surface area contributed by atoms with E-state index in [0.717, 1.165) is 74.1 Å². The number of aromatic carboxylic acids is 1. The molecule has 10 nitrogen and oxygen atoms in total. The molecule has 168 valence electrons. The highest BCUT2D eigenvalue weighted by Crippen LogP contribution is 2.31. The van der Waals surface area contributed by atoms with Crippen LogP contribution in [0.4, 0.5) is 16.9 Å². The van der Waals surface area contributed by atoms with E-state index in [0.29, 0.717) is 23.3 Å². The summed E-state index contributed by atoms with van der Waals surface area (Å²) in [6.45, 7) is 7.76. The molecule has 3 N–H and O–H groups in total. The Hall–Kier alpha value is -3.02. The van der Waals surface area contributed by atoms with Crippen molar-refractivity contribution in [2.45, 2.75) is 26.4 Å². The van der Waals surface area contributed by atoms with Gasteiger partial charge >= 0.3 is 5.97 Å². The molecule has 1 fully saturated rings. The number of hydrogen-bond donors (Lipinski definition) is 3. The largest absolute Gasteiger partial charge is 0.477 e. The molecule has 2 aliphatic rings. The van der Waals surface area contributed by atoms with E-state index in [2.05, 4.69) is 25.4 Å². The zero-order valence-corrected chi connectivity index (χ0v) is 18.6.